The maximum atomic E-state index is 2.48. The number of rotatable bonds is 5. The van der Waals surface area contributed by atoms with Crippen LogP contribution in [-0.4, -0.2) is 22.8 Å². The third kappa shape index (κ3) is 6.00. The van der Waals surface area contributed by atoms with Crippen molar-refractivity contribution < 1.29 is 0 Å². The maximum absolute atomic E-state index is 2.48. The molecule has 0 fully saturated rings. The second-order valence-corrected chi connectivity index (χ2v) is 18.6. The molecule has 0 unspecified atom stereocenters. The van der Waals surface area contributed by atoms with Crippen molar-refractivity contribution in [3.63, 3.8) is 0 Å². The molecule has 0 aliphatic carbocycles. The van der Waals surface area contributed by atoms with Crippen molar-refractivity contribution in [1.82, 2.24) is 22.8 Å². The first-order valence-corrected chi connectivity index (χ1v) is 24.3. The summed E-state index contributed by atoms with van der Waals surface area (Å²) in [6.45, 7) is 0. The molecule has 4 heterocycles. The fourth-order valence-electron chi connectivity index (χ4n) is 11.7. The zero-order valence-electron chi connectivity index (χ0n) is 38.6. The average Bonchev–Trinajstić information content (AvgIpc) is 4.07. The SMILES string of the molecule is c1ccc(-n2c3ccc4cc3c3cc(ccc32)n(-c2cccc3c2c2ccccc2n3-c2ccccc2)c2cccc(c2)c2cccc(c2)n4-c2ccc3c4ccccc4n(-c4ccccc4)c3c2)cc1. The molecule has 4 aromatic heterocycles. The second kappa shape index (κ2) is 15.5. The quantitative estimate of drug-likeness (QED) is 0.164. The molecule has 5 heteroatoms. The van der Waals surface area contributed by atoms with Crippen LogP contribution in [0.1, 0.15) is 0 Å². The van der Waals surface area contributed by atoms with Crippen LogP contribution in [0.5, 0.6) is 0 Å². The molecule has 5 nitrogen and oxygen atoms in total. The predicted octanol–water partition coefficient (Wildman–Crippen LogP) is 17.1. The summed E-state index contributed by atoms with van der Waals surface area (Å²) in [5.41, 5.74) is 16.9. The van der Waals surface area contributed by atoms with Gasteiger partial charge in [0.25, 0.3) is 0 Å². The fourth-order valence-corrected chi connectivity index (χ4v) is 11.7. The van der Waals surface area contributed by atoms with Crippen molar-refractivity contribution in [1.29, 1.82) is 0 Å². The highest BCUT2D eigenvalue weighted by Gasteiger charge is 2.20. The Morgan fingerprint density at radius 3 is 1.25 bits per heavy atom. The summed E-state index contributed by atoms with van der Waals surface area (Å²) in [6, 6.07) is 95.8. The Hall–Kier alpha value is -9.58. The summed E-state index contributed by atoms with van der Waals surface area (Å²) < 4.78 is 12.2. The first-order valence-electron chi connectivity index (χ1n) is 24.3. The minimum Gasteiger partial charge on any atom is -0.310 e. The highest BCUT2D eigenvalue weighted by molar-refractivity contribution is 6.15. The summed E-state index contributed by atoms with van der Waals surface area (Å²) in [4.78, 5) is 0. The molecule has 15 aromatic rings. The highest BCUT2D eigenvalue weighted by atomic mass is 15.0. The number of fused-ring (bicyclic) bond motifs is 13. The summed E-state index contributed by atoms with van der Waals surface area (Å²) in [6.07, 6.45) is 0. The highest BCUT2D eigenvalue weighted by Crippen LogP contribution is 2.40. The van der Waals surface area contributed by atoms with Crippen molar-refractivity contribution in [2.45, 2.75) is 0 Å². The molecule has 0 saturated heterocycles. The number of hydrogen-bond acceptors (Lipinski definition) is 0. The third-order valence-electron chi connectivity index (χ3n) is 14.7. The Balaban J connectivity index is 1.10. The standard InChI is InChI=1S/C66H43N5/c1-4-19-46(20-5-1)69-61-37-34-51-41-57(61)58-42-52(35-38-62(58)69)68(63-31-16-32-64-66(63)56-28-11-13-30-60(56)70(64)47-21-6-2-7-22-47)50-26-15-18-45(40-50)44-17-14-25-49(39-44)67(51)53-33-36-55-54-27-10-12-29-59(54)71(65(55)43-53)48-23-8-3-9-24-48/h1-43H. The molecular formula is C66H43N5. The molecule has 0 aliphatic rings. The van der Waals surface area contributed by atoms with Gasteiger partial charge in [0.2, 0.25) is 0 Å². The van der Waals surface area contributed by atoms with E-state index in [1.807, 2.05) is 0 Å². The average molecular weight is 906 g/mol. The van der Waals surface area contributed by atoms with Gasteiger partial charge in [-0.15, -0.1) is 0 Å². The number of aromatic nitrogens is 5. The third-order valence-corrected chi connectivity index (χ3v) is 14.7. The van der Waals surface area contributed by atoms with Gasteiger partial charge < -0.3 is 22.8 Å². The largest absolute Gasteiger partial charge is 0.310 e. The van der Waals surface area contributed by atoms with E-state index in [9.17, 15) is 0 Å². The van der Waals surface area contributed by atoms with E-state index in [1.54, 1.807) is 0 Å². The lowest BCUT2D eigenvalue weighted by atomic mass is 10.1. The molecular weight excluding hydrogens is 863 g/mol. The van der Waals surface area contributed by atoms with Gasteiger partial charge in [-0.2, -0.15) is 0 Å². The van der Waals surface area contributed by atoms with E-state index in [-0.39, 0.29) is 0 Å². The molecule has 11 aromatic carbocycles. The van der Waals surface area contributed by atoms with Crippen molar-refractivity contribution in [2.24, 2.45) is 0 Å². The Morgan fingerprint density at radius 1 is 0.197 bits per heavy atom. The number of benzene rings is 11. The van der Waals surface area contributed by atoms with Crippen molar-refractivity contribution in [2.75, 3.05) is 0 Å². The van der Waals surface area contributed by atoms with Crippen LogP contribution in [0.15, 0.2) is 261 Å². The lowest BCUT2D eigenvalue weighted by Crippen LogP contribution is -1.99. The second-order valence-electron chi connectivity index (χ2n) is 18.6. The molecule has 0 aliphatic heterocycles. The van der Waals surface area contributed by atoms with Gasteiger partial charge in [-0.1, -0.05) is 127 Å². The lowest BCUT2D eigenvalue weighted by molar-refractivity contribution is 1.14. The van der Waals surface area contributed by atoms with Gasteiger partial charge in [0.05, 0.1) is 38.8 Å². The van der Waals surface area contributed by atoms with E-state index in [2.05, 4.69) is 284 Å². The summed E-state index contributed by atoms with van der Waals surface area (Å²) >= 11 is 0. The number of hydrogen-bond donors (Lipinski definition) is 0. The van der Waals surface area contributed by atoms with Gasteiger partial charge in [-0.05, 0) is 144 Å². The van der Waals surface area contributed by atoms with Gasteiger partial charge >= 0.3 is 0 Å². The van der Waals surface area contributed by atoms with E-state index in [4.69, 9.17) is 0 Å². The molecule has 8 bridgehead atoms. The van der Waals surface area contributed by atoms with Crippen molar-refractivity contribution in [3.8, 4) is 28.4 Å². The van der Waals surface area contributed by atoms with Gasteiger partial charge in [0.15, 0.2) is 0 Å². The topological polar surface area (TPSA) is 24.6 Å². The smallest absolute Gasteiger partial charge is 0.0562 e. The summed E-state index contributed by atoms with van der Waals surface area (Å²) in [7, 11) is 0. The molecule has 0 radical (unpaired) electrons. The van der Waals surface area contributed by atoms with E-state index in [0.717, 1.165) is 83.3 Å². The molecule has 0 atom stereocenters. The minimum absolute atomic E-state index is 1.08. The van der Waals surface area contributed by atoms with Crippen LogP contribution in [0.4, 0.5) is 0 Å². The molecule has 0 saturated carbocycles. The van der Waals surface area contributed by atoms with Gasteiger partial charge in [0, 0.05) is 77.1 Å². The predicted molar refractivity (Wildman–Crippen MR) is 298 cm³/mol. The van der Waals surface area contributed by atoms with Crippen LogP contribution in [0, 0.1) is 0 Å². The lowest BCUT2D eigenvalue weighted by Gasteiger charge is -2.15. The summed E-state index contributed by atoms with van der Waals surface area (Å²) in [5, 5.41) is 9.49. The Labute approximate surface area is 408 Å². The monoisotopic (exact) mass is 905 g/mol. The van der Waals surface area contributed by atoms with Crippen molar-refractivity contribution >= 4 is 98.3 Å². The van der Waals surface area contributed by atoms with Crippen LogP contribution >= 0.6 is 0 Å². The van der Waals surface area contributed by atoms with Gasteiger partial charge in [0.1, 0.15) is 0 Å². The van der Waals surface area contributed by atoms with Crippen LogP contribution in [-0.2, 0) is 0 Å². The van der Waals surface area contributed by atoms with Crippen LogP contribution in [0.2, 0.25) is 0 Å². The first-order chi connectivity index (χ1) is 35.2. The van der Waals surface area contributed by atoms with E-state index in [0.29, 0.717) is 0 Å². The van der Waals surface area contributed by atoms with Crippen molar-refractivity contribution in [3.05, 3.63) is 261 Å². The van der Waals surface area contributed by atoms with Gasteiger partial charge in [-0.25, -0.2) is 0 Å². The van der Waals surface area contributed by atoms with Gasteiger partial charge in [-0.3, -0.25) is 0 Å². The number of para-hydroxylation sites is 5. The number of nitrogens with zero attached hydrogens (tertiary/aromatic N) is 5. The molecule has 0 spiro atoms. The zero-order valence-corrected chi connectivity index (χ0v) is 38.6. The normalized spacial score (nSPS) is 11.9. The first kappa shape index (κ1) is 39.4. The molecule has 332 valence electrons. The zero-order chi connectivity index (χ0) is 46.6. The Bertz CT molecular complexity index is 4680. The molecule has 0 amide bonds. The molecule has 15 rings (SSSR count). The van der Waals surface area contributed by atoms with Crippen LogP contribution in [0.25, 0.3) is 127 Å². The van der Waals surface area contributed by atoms with E-state index < -0.39 is 0 Å². The molecule has 71 heavy (non-hydrogen) atoms. The maximum Gasteiger partial charge on any atom is 0.0562 e. The fraction of sp³-hybridized carbons (Fsp3) is 0. The Kier molecular flexibility index (Phi) is 8.59. The van der Waals surface area contributed by atoms with E-state index >= 15 is 0 Å². The molecule has 0 N–H and O–H groups in total. The summed E-state index contributed by atoms with van der Waals surface area (Å²) in [5.74, 6) is 0. The Morgan fingerprint density at radius 2 is 0.634 bits per heavy atom. The van der Waals surface area contributed by atoms with E-state index in [1.165, 1.54) is 43.4 Å². The minimum atomic E-state index is 1.08. The van der Waals surface area contributed by atoms with Crippen LogP contribution < -0.4 is 0 Å². The van der Waals surface area contributed by atoms with Crippen LogP contribution in [0.3, 0.4) is 0 Å².